The highest BCUT2D eigenvalue weighted by atomic mass is 16.5. The van der Waals surface area contributed by atoms with Crippen LogP contribution in [0.1, 0.15) is 29.4 Å². The molecule has 1 unspecified atom stereocenters. The van der Waals surface area contributed by atoms with Crippen LogP contribution in [0.4, 0.5) is 11.6 Å². The van der Waals surface area contributed by atoms with Gasteiger partial charge in [-0.15, -0.1) is 0 Å². The van der Waals surface area contributed by atoms with Gasteiger partial charge >= 0.3 is 0 Å². The number of carbonyl (C=O) groups excluding carboxylic acids is 1. The molecule has 0 spiro atoms. The second-order valence-corrected chi connectivity index (χ2v) is 7.07. The first-order valence-electron chi connectivity index (χ1n) is 10.0. The number of anilines is 2. The van der Waals surface area contributed by atoms with Crippen molar-refractivity contribution in [1.82, 2.24) is 30.2 Å². The number of hydrogen-bond donors (Lipinski definition) is 2. The zero-order valence-electron chi connectivity index (χ0n) is 17.3. The van der Waals surface area contributed by atoms with Crippen LogP contribution in [0, 0.1) is 6.92 Å². The molecule has 0 aromatic carbocycles. The SMILES string of the molecule is CCC(CO)NC(=O)c1cncnc1N1CCOc2cnc(-c3cccc(C)n3)nc21. The fraction of sp³-hybridized carbons (Fsp3) is 0.333. The number of pyridine rings is 1. The minimum atomic E-state index is -0.362. The van der Waals surface area contributed by atoms with Crippen LogP contribution in [0.5, 0.6) is 5.75 Å². The Kier molecular flexibility index (Phi) is 5.99. The quantitative estimate of drug-likeness (QED) is 0.611. The average molecular weight is 421 g/mol. The van der Waals surface area contributed by atoms with Gasteiger partial charge in [0, 0.05) is 11.9 Å². The van der Waals surface area contributed by atoms with Gasteiger partial charge in [0.25, 0.3) is 5.91 Å². The molecule has 1 aliphatic heterocycles. The average Bonchev–Trinajstić information content (AvgIpc) is 2.81. The first-order chi connectivity index (χ1) is 15.1. The topological polar surface area (TPSA) is 126 Å². The summed E-state index contributed by atoms with van der Waals surface area (Å²) in [7, 11) is 0. The van der Waals surface area contributed by atoms with Crippen molar-refractivity contribution >= 4 is 17.5 Å². The lowest BCUT2D eigenvalue weighted by atomic mass is 10.2. The standard InChI is InChI=1S/C21H23N7O3/c1-3-14(11-29)26-21(30)15-9-22-12-24-19(15)28-7-8-31-17-10-23-18(27-20(17)28)16-6-4-5-13(2)25-16/h4-6,9-10,12,14,29H,3,7-8,11H2,1-2H3,(H,26,30). The van der Waals surface area contributed by atoms with Gasteiger partial charge in [0.05, 0.1) is 25.4 Å². The zero-order valence-corrected chi connectivity index (χ0v) is 17.3. The molecule has 3 aromatic heterocycles. The summed E-state index contributed by atoms with van der Waals surface area (Å²) in [5.74, 6) is 1.49. The molecular formula is C21H23N7O3. The molecule has 0 saturated heterocycles. The predicted octanol–water partition coefficient (Wildman–Crippen LogP) is 1.67. The highest BCUT2D eigenvalue weighted by Crippen LogP contribution is 2.35. The minimum Gasteiger partial charge on any atom is -0.486 e. The molecule has 1 amide bonds. The first kappa shape index (κ1) is 20.6. The van der Waals surface area contributed by atoms with E-state index in [4.69, 9.17) is 4.74 Å². The minimum absolute atomic E-state index is 0.147. The molecule has 1 aliphatic rings. The molecular weight excluding hydrogens is 398 g/mol. The maximum atomic E-state index is 12.9. The van der Waals surface area contributed by atoms with E-state index < -0.39 is 0 Å². The monoisotopic (exact) mass is 421 g/mol. The Bertz CT molecular complexity index is 1090. The summed E-state index contributed by atoms with van der Waals surface area (Å²) in [6.45, 7) is 4.47. The van der Waals surface area contributed by atoms with Crippen LogP contribution >= 0.6 is 0 Å². The highest BCUT2D eigenvalue weighted by molar-refractivity contribution is 5.99. The number of aliphatic hydroxyl groups is 1. The number of ether oxygens (including phenoxy) is 1. The molecule has 31 heavy (non-hydrogen) atoms. The van der Waals surface area contributed by atoms with Gasteiger partial charge in [0.2, 0.25) is 0 Å². The number of aryl methyl sites for hydroxylation is 1. The Balaban J connectivity index is 1.73. The Hall–Kier alpha value is -3.66. The first-order valence-corrected chi connectivity index (χ1v) is 10.0. The van der Waals surface area contributed by atoms with E-state index in [1.165, 1.54) is 12.5 Å². The lowest BCUT2D eigenvalue weighted by molar-refractivity contribution is 0.0914. The Labute approximate surface area is 179 Å². The van der Waals surface area contributed by atoms with Crippen LogP contribution in [0.15, 0.2) is 36.9 Å². The molecule has 3 aromatic rings. The van der Waals surface area contributed by atoms with Gasteiger partial charge in [0.1, 0.15) is 24.2 Å². The van der Waals surface area contributed by atoms with E-state index in [0.717, 1.165) is 5.69 Å². The molecule has 0 fully saturated rings. The summed E-state index contributed by atoms with van der Waals surface area (Å²) in [5, 5.41) is 12.2. The molecule has 0 radical (unpaired) electrons. The van der Waals surface area contributed by atoms with Crippen molar-refractivity contribution in [1.29, 1.82) is 0 Å². The summed E-state index contributed by atoms with van der Waals surface area (Å²) < 4.78 is 5.73. The molecule has 4 heterocycles. The van der Waals surface area contributed by atoms with Gasteiger partial charge in [-0.2, -0.15) is 0 Å². The third kappa shape index (κ3) is 4.29. The van der Waals surface area contributed by atoms with Crippen molar-refractivity contribution in [2.45, 2.75) is 26.3 Å². The molecule has 1 atom stereocenters. The molecule has 2 N–H and O–H groups in total. The number of amides is 1. The second-order valence-electron chi connectivity index (χ2n) is 7.07. The van der Waals surface area contributed by atoms with Crippen LogP contribution in [-0.4, -0.2) is 61.7 Å². The van der Waals surface area contributed by atoms with Crippen LogP contribution in [0.2, 0.25) is 0 Å². The van der Waals surface area contributed by atoms with Crippen LogP contribution in [-0.2, 0) is 0 Å². The highest BCUT2D eigenvalue weighted by Gasteiger charge is 2.28. The molecule has 160 valence electrons. The Morgan fingerprint density at radius 3 is 2.90 bits per heavy atom. The van der Waals surface area contributed by atoms with E-state index in [1.54, 1.807) is 6.20 Å². The van der Waals surface area contributed by atoms with Crippen molar-refractivity contribution in [3.63, 3.8) is 0 Å². The largest absolute Gasteiger partial charge is 0.486 e. The van der Waals surface area contributed by atoms with Crippen LogP contribution in [0.25, 0.3) is 11.5 Å². The Morgan fingerprint density at radius 2 is 2.13 bits per heavy atom. The van der Waals surface area contributed by atoms with Gasteiger partial charge in [-0.3, -0.25) is 4.79 Å². The van der Waals surface area contributed by atoms with Crippen molar-refractivity contribution in [2.75, 3.05) is 24.7 Å². The summed E-state index contributed by atoms with van der Waals surface area (Å²) in [5.41, 5.74) is 1.79. The lowest BCUT2D eigenvalue weighted by Crippen LogP contribution is -2.38. The third-order valence-corrected chi connectivity index (χ3v) is 4.92. The van der Waals surface area contributed by atoms with E-state index in [9.17, 15) is 9.90 Å². The van der Waals surface area contributed by atoms with E-state index in [0.29, 0.717) is 48.5 Å². The van der Waals surface area contributed by atoms with E-state index >= 15 is 0 Å². The predicted molar refractivity (Wildman–Crippen MR) is 113 cm³/mol. The fourth-order valence-corrected chi connectivity index (χ4v) is 3.25. The maximum Gasteiger partial charge on any atom is 0.256 e. The van der Waals surface area contributed by atoms with Crippen LogP contribution in [0.3, 0.4) is 0 Å². The molecule has 0 bridgehead atoms. The number of aliphatic hydroxyl groups excluding tert-OH is 1. The van der Waals surface area contributed by atoms with E-state index in [-0.39, 0.29) is 24.1 Å². The van der Waals surface area contributed by atoms with E-state index in [2.05, 4.69) is 30.2 Å². The lowest BCUT2D eigenvalue weighted by Gasteiger charge is -2.30. The fourth-order valence-electron chi connectivity index (χ4n) is 3.25. The number of aromatic nitrogens is 5. The van der Waals surface area contributed by atoms with Crippen molar-refractivity contribution < 1.29 is 14.6 Å². The number of rotatable bonds is 6. The summed E-state index contributed by atoms with van der Waals surface area (Å²) >= 11 is 0. The van der Waals surface area contributed by atoms with Gasteiger partial charge < -0.3 is 20.1 Å². The Morgan fingerprint density at radius 1 is 1.26 bits per heavy atom. The summed E-state index contributed by atoms with van der Waals surface area (Å²) in [6.07, 6.45) is 5.05. The van der Waals surface area contributed by atoms with Gasteiger partial charge in [-0.1, -0.05) is 13.0 Å². The number of hydrogen-bond acceptors (Lipinski definition) is 9. The molecule has 4 rings (SSSR count). The number of nitrogens with one attached hydrogen (secondary N) is 1. The van der Waals surface area contributed by atoms with Crippen molar-refractivity contribution in [3.8, 4) is 17.3 Å². The summed E-state index contributed by atoms with van der Waals surface area (Å²) in [6, 6.07) is 5.29. The van der Waals surface area contributed by atoms with Gasteiger partial charge in [-0.25, -0.2) is 24.9 Å². The normalized spacial score (nSPS) is 13.8. The molecule has 10 nitrogen and oxygen atoms in total. The number of carbonyl (C=O) groups is 1. The molecule has 0 aliphatic carbocycles. The molecule has 0 saturated carbocycles. The van der Waals surface area contributed by atoms with Crippen LogP contribution < -0.4 is 15.0 Å². The second kappa shape index (κ2) is 9.00. The number of fused-ring (bicyclic) bond motifs is 1. The zero-order chi connectivity index (χ0) is 21.8. The molecule has 10 heteroatoms. The van der Waals surface area contributed by atoms with Gasteiger partial charge in [-0.05, 0) is 25.5 Å². The third-order valence-electron chi connectivity index (χ3n) is 4.92. The van der Waals surface area contributed by atoms with Crippen molar-refractivity contribution in [3.05, 3.63) is 48.2 Å². The smallest absolute Gasteiger partial charge is 0.256 e. The van der Waals surface area contributed by atoms with Crippen molar-refractivity contribution in [2.24, 2.45) is 0 Å². The number of nitrogens with zero attached hydrogens (tertiary/aromatic N) is 6. The van der Waals surface area contributed by atoms with E-state index in [1.807, 2.05) is 36.9 Å². The van der Waals surface area contributed by atoms with Gasteiger partial charge in [0.15, 0.2) is 23.2 Å². The summed E-state index contributed by atoms with van der Waals surface area (Å²) in [4.78, 5) is 36.6. The maximum absolute atomic E-state index is 12.9.